The normalized spacial score (nSPS) is 11.5. The third kappa shape index (κ3) is 5.06. The minimum absolute atomic E-state index is 0.0344. The molecule has 0 heterocycles. The van der Waals surface area contributed by atoms with Gasteiger partial charge in [0, 0.05) is 5.56 Å². The summed E-state index contributed by atoms with van der Waals surface area (Å²) < 4.78 is 23.1. The Bertz CT molecular complexity index is 883. The predicted octanol–water partition coefficient (Wildman–Crippen LogP) is 2.71. The van der Waals surface area contributed by atoms with Crippen molar-refractivity contribution in [2.75, 3.05) is 11.6 Å². The molecular formula is C17H18ClN3O3S. The highest BCUT2D eigenvalue weighted by molar-refractivity contribution is 7.89. The molecule has 0 aliphatic carbocycles. The summed E-state index contributed by atoms with van der Waals surface area (Å²) >= 11 is 5.85. The van der Waals surface area contributed by atoms with Crippen molar-refractivity contribution in [3.05, 3.63) is 71.3 Å². The van der Waals surface area contributed by atoms with E-state index in [1.54, 1.807) is 5.01 Å². The van der Waals surface area contributed by atoms with Crippen molar-refractivity contribution in [2.45, 2.75) is 11.8 Å². The number of nitrogens with two attached hydrogens (primary N) is 1. The van der Waals surface area contributed by atoms with Crippen molar-refractivity contribution in [3.8, 4) is 0 Å². The number of halogens is 1. The molecule has 0 aromatic heterocycles. The lowest BCUT2D eigenvalue weighted by atomic mass is 10.2. The number of nitrogens with zero attached hydrogens (tertiary/aromatic N) is 1. The monoisotopic (exact) mass is 379 g/mol. The molecule has 132 valence electrons. The smallest absolute Gasteiger partial charge is 0.269 e. The van der Waals surface area contributed by atoms with Crippen molar-refractivity contribution in [1.29, 1.82) is 0 Å². The molecule has 0 atom stereocenters. The van der Waals surface area contributed by atoms with Gasteiger partial charge in [0.2, 0.25) is 10.0 Å². The number of amides is 1. The van der Waals surface area contributed by atoms with E-state index in [2.05, 4.69) is 5.43 Å². The molecule has 6 nitrogen and oxygen atoms in total. The van der Waals surface area contributed by atoms with Gasteiger partial charge in [-0.2, -0.15) is 0 Å². The van der Waals surface area contributed by atoms with Gasteiger partial charge in [0.25, 0.3) is 5.91 Å². The van der Waals surface area contributed by atoms with E-state index in [1.165, 1.54) is 12.1 Å². The van der Waals surface area contributed by atoms with Crippen LogP contribution in [0.1, 0.15) is 17.3 Å². The molecule has 3 N–H and O–H groups in total. The van der Waals surface area contributed by atoms with E-state index in [4.69, 9.17) is 16.7 Å². The van der Waals surface area contributed by atoms with Gasteiger partial charge in [-0.25, -0.2) is 13.6 Å². The van der Waals surface area contributed by atoms with Crippen LogP contribution in [0.3, 0.4) is 0 Å². The lowest BCUT2D eigenvalue weighted by Crippen LogP contribution is -2.42. The fraction of sp³-hybridized carbons (Fsp3) is 0.118. The highest BCUT2D eigenvalue weighted by Gasteiger charge is 2.17. The first-order chi connectivity index (χ1) is 11.8. The largest absolute Gasteiger partial charge is 0.281 e. The van der Waals surface area contributed by atoms with Crippen LogP contribution in [0.25, 0.3) is 0 Å². The number of primary sulfonamides is 1. The Morgan fingerprint density at radius 1 is 1.24 bits per heavy atom. The lowest BCUT2D eigenvalue weighted by Gasteiger charge is -2.24. The molecule has 25 heavy (non-hydrogen) atoms. The summed E-state index contributed by atoms with van der Waals surface area (Å²) in [4.78, 5) is 12.2. The van der Waals surface area contributed by atoms with Crippen molar-refractivity contribution < 1.29 is 13.2 Å². The van der Waals surface area contributed by atoms with Gasteiger partial charge in [-0.1, -0.05) is 42.0 Å². The van der Waals surface area contributed by atoms with Gasteiger partial charge in [-0.15, -0.1) is 0 Å². The summed E-state index contributed by atoms with van der Waals surface area (Å²) in [6.07, 6.45) is 3.74. The Morgan fingerprint density at radius 3 is 2.52 bits per heavy atom. The Kier molecular flexibility index (Phi) is 6.19. The Morgan fingerprint density at radius 2 is 1.92 bits per heavy atom. The van der Waals surface area contributed by atoms with Crippen LogP contribution >= 0.6 is 11.6 Å². The van der Waals surface area contributed by atoms with E-state index in [9.17, 15) is 13.2 Å². The molecule has 2 rings (SSSR count). The number of nitrogens with one attached hydrogen (secondary N) is 1. The average molecular weight is 380 g/mol. The molecule has 2 aromatic rings. The maximum absolute atomic E-state index is 12.5. The number of anilines is 1. The molecule has 0 aliphatic heterocycles. The summed E-state index contributed by atoms with van der Waals surface area (Å²) in [6.45, 7) is 2.32. The fourth-order valence-electron chi connectivity index (χ4n) is 2.08. The van der Waals surface area contributed by atoms with Crippen LogP contribution in [0.15, 0.2) is 65.6 Å². The number of allylic oxidation sites excluding steroid dienone is 1. The molecule has 0 spiro atoms. The minimum Gasteiger partial charge on any atom is -0.281 e. The number of hydrazine groups is 1. The summed E-state index contributed by atoms with van der Waals surface area (Å²) in [5, 5.41) is 6.73. The van der Waals surface area contributed by atoms with E-state index >= 15 is 0 Å². The molecule has 8 heteroatoms. The zero-order chi connectivity index (χ0) is 18.4. The van der Waals surface area contributed by atoms with Crippen molar-refractivity contribution in [1.82, 2.24) is 5.43 Å². The molecular weight excluding hydrogens is 362 g/mol. The Hall–Kier alpha value is -2.35. The second-order valence-electron chi connectivity index (χ2n) is 5.15. The van der Waals surface area contributed by atoms with Gasteiger partial charge in [-0.05, 0) is 37.3 Å². The summed E-state index contributed by atoms with van der Waals surface area (Å²) in [7, 11) is -4.02. The van der Waals surface area contributed by atoms with Crippen LogP contribution in [0.5, 0.6) is 0 Å². The molecule has 2 aromatic carbocycles. The fourth-order valence-corrected chi connectivity index (χ4v) is 3.16. The van der Waals surface area contributed by atoms with E-state index in [0.717, 1.165) is 11.8 Å². The average Bonchev–Trinajstić information content (AvgIpc) is 2.58. The number of sulfonamides is 1. The lowest BCUT2D eigenvalue weighted by molar-refractivity contribution is 0.0950. The topological polar surface area (TPSA) is 92.5 Å². The predicted molar refractivity (Wildman–Crippen MR) is 98.9 cm³/mol. The number of hydrogen-bond acceptors (Lipinski definition) is 4. The van der Waals surface area contributed by atoms with Gasteiger partial charge in [0.15, 0.2) is 0 Å². The van der Waals surface area contributed by atoms with Crippen LogP contribution in [0.2, 0.25) is 5.02 Å². The Balaban J connectivity index is 2.30. The van der Waals surface area contributed by atoms with Crippen LogP contribution in [0, 0.1) is 0 Å². The van der Waals surface area contributed by atoms with E-state index in [-0.39, 0.29) is 15.5 Å². The summed E-state index contributed by atoms with van der Waals surface area (Å²) in [5.74, 6) is -0.477. The summed E-state index contributed by atoms with van der Waals surface area (Å²) in [5.41, 5.74) is 3.67. The first-order valence-electron chi connectivity index (χ1n) is 7.40. The first-order valence-corrected chi connectivity index (χ1v) is 9.32. The zero-order valence-corrected chi connectivity index (χ0v) is 15.1. The van der Waals surface area contributed by atoms with Gasteiger partial charge in [-0.3, -0.25) is 15.2 Å². The zero-order valence-electron chi connectivity index (χ0n) is 13.5. The molecule has 0 aliphatic rings. The number of rotatable bonds is 6. The van der Waals surface area contributed by atoms with Gasteiger partial charge in [0.05, 0.1) is 17.3 Å². The molecule has 0 unspecified atom stereocenters. The van der Waals surface area contributed by atoms with Crippen LogP contribution < -0.4 is 15.6 Å². The Labute approximate surface area is 151 Å². The van der Waals surface area contributed by atoms with E-state index in [0.29, 0.717) is 6.54 Å². The quantitative estimate of drug-likeness (QED) is 0.596. The van der Waals surface area contributed by atoms with Gasteiger partial charge >= 0.3 is 0 Å². The second kappa shape index (κ2) is 8.15. The van der Waals surface area contributed by atoms with Crippen molar-refractivity contribution >= 4 is 33.2 Å². The van der Waals surface area contributed by atoms with E-state index in [1.807, 2.05) is 49.4 Å². The number of hydrogen-bond donors (Lipinski definition) is 2. The highest BCUT2D eigenvalue weighted by Crippen LogP contribution is 2.21. The maximum atomic E-state index is 12.5. The third-order valence-corrected chi connectivity index (χ3v) is 4.72. The van der Waals surface area contributed by atoms with Gasteiger partial charge in [0.1, 0.15) is 4.90 Å². The summed E-state index contributed by atoms with van der Waals surface area (Å²) in [6, 6.07) is 13.2. The number of para-hydroxylation sites is 1. The third-order valence-electron chi connectivity index (χ3n) is 3.33. The van der Waals surface area contributed by atoms with Crippen molar-refractivity contribution in [2.24, 2.45) is 5.14 Å². The van der Waals surface area contributed by atoms with Crippen LogP contribution in [-0.4, -0.2) is 20.9 Å². The second-order valence-corrected chi connectivity index (χ2v) is 7.08. The van der Waals surface area contributed by atoms with Crippen molar-refractivity contribution in [3.63, 3.8) is 0 Å². The standard InChI is InChI=1S/C17H18ClN3O3S/c1-2-3-11-21(14-7-5-4-6-8-14)20-17(22)13-9-10-15(18)16(12-13)25(19,23)24/h2-10,12H,11H2,1H3,(H,20,22)(H2,19,23,24)/b3-2+. The highest BCUT2D eigenvalue weighted by atomic mass is 35.5. The number of carbonyl (C=O) groups is 1. The first kappa shape index (κ1) is 19.0. The van der Waals surface area contributed by atoms with Gasteiger partial charge < -0.3 is 0 Å². The van der Waals surface area contributed by atoms with Crippen LogP contribution in [0.4, 0.5) is 5.69 Å². The minimum atomic E-state index is -4.02. The molecule has 0 fully saturated rings. The molecule has 0 saturated heterocycles. The molecule has 0 saturated carbocycles. The number of benzene rings is 2. The van der Waals surface area contributed by atoms with E-state index < -0.39 is 15.9 Å². The van der Waals surface area contributed by atoms with Crippen LogP contribution in [-0.2, 0) is 10.0 Å². The molecule has 0 radical (unpaired) electrons. The number of carbonyl (C=O) groups excluding carboxylic acids is 1. The molecule has 0 bridgehead atoms. The maximum Gasteiger partial charge on any atom is 0.269 e. The SMILES string of the molecule is C/C=C/CN(NC(=O)c1ccc(Cl)c(S(N)(=O)=O)c1)c1ccccc1. The molecule has 1 amide bonds.